The second-order valence-electron chi connectivity index (χ2n) is 15.3. The molecule has 270 valence electrons. The molecule has 58 heavy (non-hydrogen) atoms. The van der Waals surface area contributed by atoms with Crippen LogP contribution < -0.4 is 0 Å². The Bertz CT molecular complexity index is 3670. The lowest BCUT2D eigenvalue weighted by atomic mass is 9.96. The van der Waals surface area contributed by atoms with Crippen molar-refractivity contribution in [1.82, 2.24) is 9.13 Å². The van der Waals surface area contributed by atoms with Crippen molar-refractivity contribution in [2.45, 2.75) is 0 Å². The third-order valence-electron chi connectivity index (χ3n) is 12.1. The zero-order chi connectivity index (χ0) is 37.9. The minimum atomic E-state index is 1.15. The Hall–Kier alpha value is -6.98. The molecule has 9 aromatic carbocycles. The molecule has 0 saturated carbocycles. The third kappa shape index (κ3) is 4.64. The van der Waals surface area contributed by atoms with Crippen LogP contribution in [0.2, 0.25) is 0 Å². The van der Waals surface area contributed by atoms with Gasteiger partial charge in [0.1, 0.15) is 0 Å². The molecular formula is C54H32N2S2. The van der Waals surface area contributed by atoms with E-state index >= 15 is 0 Å². The van der Waals surface area contributed by atoms with Gasteiger partial charge in [0, 0.05) is 73.3 Å². The Kier molecular flexibility index (Phi) is 6.79. The molecule has 13 aromatic rings. The molecule has 0 N–H and O–H groups in total. The van der Waals surface area contributed by atoms with E-state index in [1.165, 1.54) is 112 Å². The minimum absolute atomic E-state index is 1.15. The normalized spacial score (nSPS) is 12.1. The lowest BCUT2D eigenvalue weighted by molar-refractivity contribution is 1.17. The average Bonchev–Trinajstić information content (AvgIpc) is 4.03. The van der Waals surface area contributed by atoms with E-state index in [1.54, 1.807) is 0 Å². The number of thiophene rings is 2. The predicted molar refractivity (Wildman–Crippen MR) is 252 cm³/mol. The van der Waals surface area contributed by atoms with Crippen LogP contribution >= 0.6 is 22.7 Å². The van der Waals surface area contributed by atoms with Crippen molar-refractivity contribution in [3.8, 4) is 33.6 Å². The van der Waals surface area contributed by atoms with E-state index in [2.05, 4.69) is 203 Å². The Morgan fingerprint density at radius 2 is 0.690 bits per heavy atom. The molecule has 13 rings (SSSR count). The molecule has 4 aromatic heterocycles. The number of nitrogens with zero attached hydrogens (tertiary/aromatic N) is 2. The number of fused-ring (bicyclic) bond motifs is 13. The molecule has 0 unspecified atom stereocenters. The molecule has 0 bridgehead atoms. The molecule has 4 heterocycles. The van der Waals surface area contributed by atoms with E-state index in [0.717, 1.165) is 5.69 Å². The number of hydrogen-bond acceptors (Lipinski definition) is 2. The first kappa shape index (κ1) is 32.1. The maximum Gasteiger partial charge on any atom is 0.0548 e. The van der Waals surface area contributed by atoms with E-state index in [-0.39, 0.29) is 0 Å². The Labute approximate surface area is 341 Å². The average molecular weight is 773 g/mol. The summed E-state index contributed by atoms with van der Waals surface area (Å²) < 4.78 is 10.2. The summed E-state index contributed by atoms with van der Waals surface area (Å²) in [5.41, 5.74) is 12.0. The van der Waals surface area contributed by atoms with Crippen LogP contribution in [-0.4, -0.2) is 9.13 Å². The quantitative estimate of drug-likeness (QED) is 0.169. The highest BCUT2D eigenvalue weighted by Gasteiger charge is 2.21. The van der Waals surface area contributed by atoms with Crippen LogP contribution in [-0.2, 0) is 0 Å². The van der Waals surface area contributed by atoms with Gasteiger partial charge in [-0.25, -0.2) is 0 Å². The molecule has 0 amide bonds. The summed E-state index contributed by atoms with van der Waals surface area (Å²) in [6, 6.07) is 72.1. The van der Waals surface area contributed by atoms with E-state index < -0.39 is 0 Å². The van der Waals surface area contributed by atoms with Crippen molar-refractivity contribution >= 4 is 107 Å². The van der Waals surface area contributed by atoms with E-state index in [9.17, 15) is 0 Å². The van der Waals surface area contributed by atoms with Crippen molar-refractivity contribution in [2.24, 2.45) is 0 Å². The number of rotatable bonds is 4. The van der Waals surface area contributed by atoms with Crippen molar-refractivity contribution in [3.63, 3.8) is 0 Å². The monoisotopic (exact) mass is 772 g/mol. The van der Waals surface area contributed by atoms with Gasteiger partial charge in [0.15, 0.2) is 0 Å². The van der Waals surface area contributed by atoms with Crippen molar-refractivity contribution in [2.75, 3.05) is 0 Å². The highest BCUT2D eigenvalue weighted by molar-refractivity contribution is 7.26. The molecule has 0 aliphatic carbocycles. The standard InChI is InChI=1S/C54H32N2S2/c1-2-12-37(13-3-1)55-45-18-8-4-16-41(45)53-47(55)24-25-48-54(53)42-17-5-9-19-46(42)56(48)38-29-35(33-22-26-51-43(31-33)39-14-6-10-20-49(39)57-51)28-36(30-38)34-23-27-52-44(32-34)40-15-7-11-21-50(40)58-52/h1-32H. The van der Waals surface area contributed by atoms with Crippen LogP contribution in [0.4, 0.5) is 0 Å². The lowest BCUT2D eigenvalue weighted by Gasteiger charge is -2.15. The van der Waals surface area contributed by atoms with Gasteiger partial charge in [0.25, 0.3) is 0 Å². The summed E-state index contributed by atoms with van der Waals surface area (Å²) in [5, 5.41) is 10.3. The topological polar surface area (TPSA) is 9.86 Å². The first-order valence-corrected chi connectivity index (χ1v) is 21.4. The second-order valence-corrected chi connectivity index (χ2v) is 17.4. The van der Waals surface area contributed by atoms with Gasteiger partial charge in [0.05, 0.1) is 22.1 Å². The zero-order valence-electron chi connectivity index (χ0n) is 31.2. The maximum absolute atomic E-state index is 2.50. The summed E-state index contributed by atoms with van der Waals surface area (Å²) in [6.45, 7) is 0. The van der Waals surface area contributed by atoms with Gasteiger partial charge in [-0.1, -0.05) is 103 Å². The van der Waals surface area contributed by atoms with Gasteiger partial charge in [-0.05, 0) is 113 Å². The Morgan fingerprint density at radius 1 is 0.259 bits per heavy atom. The van der Waals surface area contributed by atoms with E-state index in [1.807, 2.05) is 22.7 Å². The fourth-order valence-corrected chi connectivity index (χ4v) is 11.7. The first-order valence-electron chi connectivity index (χ1n) is 19.7. The smallest absolute Gasteiger partial charge is 0.0548 e. The Balaban J connectivity index is 1.12. The summed E-state index contributed by atoms with van der Waals surface area (Å²) in [6.07, 6.45) is 0. The van der Waals surface area contributed by atoms with Gasteiger partial charge >= 0.3 is 0 Å². The van der Waals surface area contributed by atoms with E-state index in [4.69, 9.17) is 0 Å². The summed E-state index contributed by atoms with van der Waals surface area (Å²) in [4.78, 5) is 0. The Morgan fingerprint density at radius 3 is 1.22 bits per heavy atom. The number of para-hydroxylation sites is 3. The van der Waals surface area contributed by atoms with Crippen LogP contribution in [0, 0.1) is 0 Å². The summed E-state index contributed by atoms with van der Waals surface area (Å²) >= 11 is 3.74. The fourth-order valence-electron chi connectivity index (χ4n) is 9.54. The van der Waals surface area contributed by atoms with Gasteiger partial charge in [-0.3, -0.25) is 0 Å². The second kappa shape index (κ2) is 12.3. The van der Waals surface area contributed by atoms with Gasteiger partial charge < -0.3 is 9.13 Å². The summed E-state index contributed by atoms with van der Waals surface area (Å²) in [5.74, 6) is 0. The molecule has 0 atom stereocenters. The highest BCUT2D eigenvalue weighted by atomic mass is 32.1. The molecule has 0 aliphatic rings. The maximum atomic E-state index is 2.50. The number of aromatic nitrogens is 2. The van der Waals surface area contributed by atoms with Crippen LogP contribution in [0.15, 0.2) is 194 Å². The molecular weight excluding hydrogens is 741 g/mol. The van der Waals surface area contributed by atoms with Crippen molar-refractivity contribution in [1.29, 1.82) is 0 Å². The van der Waals surface area contributed by atoms with Crippen molar-refractivity contribution < 1.29 is 0 Å². The molecule has 0 aliphatic heterocycles. The predicted octanol–water partition coefficient (Wildman–Crippen LogP) is 16.0. The van der Waals surface area contributed by atoms with Gasteiger partial charge in [-0.15, -0.1) is 22.7 Å². The van der Waals surface area contributed by atoms with Crippen LogP contribution in [0.3, 0.4) is 0 Å². The summed E-state index contributed by atoms with van der Waals surface area (Å²) in [7, 11) is 0. The fraction of sp³-hybridized carbons (Fsp3) is 0. The first-order chi connectivity index (χ1) is 28.7. The molecule has 0 saturated heterocycles. The molecule has 0 spiro atoms. The van der Waals surface area contributed by atoms with Crippen LogP contribution in [0.1, 0.15) is 0 Å². The van der Waals surface area contributed by atoms with Crippen LogP contribution in [0.25, 0.3) is 118 Å². The van der Waals surface area contributed by atoms with Gasteiger partial charge in [0.2, 0.25) is 0 Å². The largest absolute Gasteiger partial charge is 0.309 e. The SMILES string of the molecule is c1ccc(-n2c3ccccc3c3c4c5ccccc5n(-c5cc(-c6ccc7sc8ccccc8c7c6)cc(-c6ccc7sc8ccccc8c7c6)c5)c4ccc32)cc1. The molecule has 0 fully saturated rings. The zero-order valence-corrected chi connectivity index (χ0v) is 32.8. The number of hydrogen-bond donors (Lipinski definition) is 0. The lowest BCUT2D eigenvalue weighted by Crippen LogP contribution is -1.96. The van der Waals surface area contributed by atoms with Gasteiger partial charge in [-0.2, -0.15) is 0 Å². The highest BCUT2D eigenvalue weighted by Crippen LogP contribution is 2.45. The molecule has 4 heteroatoms. The van der Waals surface area contributed by atoms with E-state index in [0.29, 0.717) is 0 Å². The molecule has 2 nitrogen and oxygen atoms in total. The third-order valence-corrected chi connectivity index (χ3v) is 14.4. The molecule has 0 radical (unpaired) electrons. The number of benzene rings is 9. The van der Waals surface area contributed by atoms with Crippen molar-refractivity contribution in [3.05, 3.63) is 194 Å². The van der Waals surface area contributed by atoms with Crippen LogP contribution in [0.5, 0.6) is 0 Å². The minimum Gasteiger partial charge on any atom is -0.309 e.